The van der Waals surface area contributed by atoms with Crippen molar-refractivity contribution >= 4 is 10.1 Å². The normalized spacial score (nSPS) is 11.1. The van der Waals surface area contributed by atoms with Crippen molar-refractivity contribution in [3.8, 4) is 17.2 Å². The van der Waals surface area contributed by atoms with E-state index in [1.807, 2.05) is 6.07 Å². The van der Waals surface area contributed by atoms with Crippen LogP contribution in [0.1, 0.15) is 57.4 Å². The third-order valence-corrected chi connectivity index (χ3v) is 5.35. The SMILES string of the molecule is CCCCCCCCCc1c([O-])cc(Oc2ccccc2)cc1S(=O)(=O)O.[K+]. The Morgan fingerprint density at radius 2 is 1.54 bits per heavy atom. The Kier molecular flexibility index (Phi) is 11.9. The molecule has 0 heterocycles. The van der Waals surface area contributed by atoms with Gasteiger partial charge in [-0.2, -0.15) is 8.42 Å². The van der Waals surface area contributed by atoms with E-state index in [9.17, 15) is 18.1 Å². The van der Waals surface area contributed by atoms with Crippen molar-refractivity contribution in [3.05, 3.63) is 48.0 Å². The van der Waals surface area contributed by atoms with Gasteiger partial charge in [-0.1, -0.05) is 63.6 Å². The monoisotopic (exact) mass is 430 g/mol. The molecule has 0 radical (unpaired) electrons. The van der Waals surface area contributed by atoms with Crippen molar-refractivity contribution in [1.82, 2.24) is 0 Å². The molecule has 0 unspecified atom stereocenters. The maximum Gasteiger partial charge on any atom is 1.00 e. The molecule has 0 atom stereocenters. The van der Waals surface area contributed by atoms with Crippen LogP contribution in [0.3, 0.4) is 0 Å². The largest absolute Gasteiger partial charge is 1.00 e. The van der Waals surface area contributed by atoms with Crippen LogP contribution in [0.5, 0.6) is 17.2 Å². The van der Waals surface area contributed by atoms with E-state index in [1.165, 1.54) is 31.4 Å². The summed E-state index contributed by atoms with van der Waals surface area (Å²) in [7, 11) is -4.51. The zero-order valence-electron chi connectivity index (χ0n) is 16.7. The van der Waals surface area contributed by atoms with E-state index in [1.54, 1.807) is 24.3 Å². The number of ether oxygens (including phenoxy) is 1. The van der Waals surface area contributed by atoms with Crippen LogP contribution in [0.2, 0.25) is 0 Å². The summed E-state index contributed by atoms with van der Waals surface area (Å²) >= 11 is 0. The summed E-state index contributed by atoms with van der Waals surface area (Å²) in [5.41, 5.74) is 0.131. The fourth-order valence-corrected chi connectivity index (χ4v) is 3.79. The molecule has 0 aromatic heterocycles. The van der Waals surface area contributed by atoms with Crippen molar-refractivity contribution in [2.24, 2.45) is 0 Å². The molecule has 28 heavy (non-hydrogen) atoms. The number of unbranched alkanes of at least 4 members (excludes halogenated alkanes) is 6. The molecule has 2 aromatic carbocycles. The number of hydrogen-bond donors (Lipinski definition) is 1. The minimum absolute atomic E-state index is 0. The van der Waals surface area contributed by atoms with Crippen LogP contribution in [0.15, 0.2) is 47.4 Å². The number of hydrogen-bond acceptors (Lipinski definition) is 4. The van der Waals surface area contributed by atoms with Crippen molar-refractivity contribution < 1.29 is 74.2 Å². The molecule has 0 saturated carbocycles. The van der Waals surface area contributed by atoms with Gasteiger partial charge in [-0.3, -0.25) is 4.55 Å². The predicted octanol–water partition coefficient (Wildman–Crippen LogP) is 2.10. The summed E-state index contributed by atoms with van der Waals surface area (Å²) in [4.78, 5) is -0.355. The first-order valence-corrected chi connectivity index (χ1v) is 10.9. The Balaban J connectivity index is 0.00000392. The minimum atomic E-state index is -4.51. The van der Waals surface area contributed by atoms with Crippen LogP contribution in [0.25, 0.3) is 0 Å². The van der Waals surface area contributed by atoms with E-state index in [-0.39, 0.29) is 67.6 Å². The zero-order chi connectivity index (χ0) is 19.7. The number of para-hydroxylation sites is 1. The first-order chi connectivity index (χ1) is 12.9. The molecule has 0 saturated heterocycles. The molecule has 0 aliphatic heterocycles. The molecule has 7 heteroatoms. The Bertz CT molecular complexity index is 822. The van der Waals surface area contributed by atoms with Gasteiger partial charge < -0.3 is 9.84 Å². The summed E-state index contributed by atoms with van der Waals surface area (Å²) in [6, 6.07) is 11.3. The van der Waals surface area contributed by atoms with Crippen LogP contribution in [-0.4, -0.2) is 13.0 Å². The van der Waals surface area contributed by atoms with Crippen molar-refractivity contribution in [3.63, 3.8) is 0 Å². The minimum Gasteiger partial charge on any atom is -0.872 e. The molecule has 0 spiro atoms. The molecule has 2 rings (SSSR count). The molecule has 0 aliphatic carbocycles. The summed E-state index contributed by atoms with van der Waals surface area (Å²) in [5, 5.41) is 12.4. The molecular formula is C21H27KO5S. The van der Waals surface area contributed by atoms with Gasteiger partial charge in [-0.25, -0.2) is 0 Å². The summed E-state index contributed by atoms with van der Waals surface area (Å²) in [6.07, 6.45) is 7.78. The van der Waals surface area contributed by atoms with Crippen LogP contribution in [0.4, 0.5) is 0 Å². The Morgan fingerprint density at radius 1 is 0.929 bits per heavy atom. The fourth-order valence-electron chi connectivity index (χ4n) is 3.01. The van der Waals surface area contributed by atoms with Gasteiger partial charge in [0.05, 0.1) is 0 Å². The maximum absolute atomic E-state index is 12.4. The van der Waals surface area contributed by atoms with Crippen LogP contribution < -0.4 is 61.2 Å². The molecule has 1 N–H and O–H groups in total. The van der Waals surface area contributed by atoms with E-state index in [4.69, 9.17) is 4.74 Å². The second kappa shape index (κ2) is 13.0. The molecule has 2 aromatic rings. The average Bonchev–Trinajstić information content (AvgIpc) is 2.62. The summed E-state index contributed by atoms with van der Waals surface area (Å²) < 4.78 is 38.7. The fraction of sp³-hybridized carbons (Fsp3) is 0.429. The average molecular weight is 431 g/mol. The van der Waals surface area contributed by atoms with Gasteiger partial charge in [0.25, 0.3) is 10.1 Å². The van der Waals surface area contributed by atoms with Crippen molar-refractivity contribution in [2.75, 3.05) is 0 Å². The second-order valence-electron chi connectivity index (χ2n) is 6.66. The van der Waals surface area contributed by atoms with Gasteiger partial charge in [0.2, 0.25) is 0 Å². The van der Waals surface area contributed by atoms with E-state index in [0.717, 1.165) is 19.3 Å². The maximum atomic E-state index is 12.4. The first-order valence-electron chi connectivity index (χ1n) is 9.46. The van der Waals surface area contributed by atoms with Gasteiger partial charge in [-0.05, 0) is 36.6 Å². The first kappa shape index (κ1) is 25.6. The Morgan fingerprint density at radius 3 is 2.14 bits per heavy atom. The van der Waals surface area contributed by atoms with Gasteiger partial charge in [0, 0.05) is 6.07 Å². The molecule has 0 fully saturated rings. The smallest absolute Gasteiger partial charge is 0.872 e. The van der Waals surface area contributed by atoms with E-state index < -0.39 is 15.9 Å². The predicted molar refractivity (Wildman–Crippen MR) is 104 cm³/mol. The van der Waals surface area contributed by atoms with Crippen LogP contribution in [0, 0.1) is 0 Å². The topological polar surface area (TPSA) is 86.7 Å². The van der Waals surface area contributed by atoms with Gasteiger partial charge in [0.1, 0.15) is 16.4 Å². The van der Waals surface area contributed by atoms with Gasteiger partial charge >= 0.3 is 51.4 Å². The Labute approximate surface area is 210 Å². The summed E-state index contributed by atoms with van der Waals surface area (Å²) in [5.74, 6) is 0.155. The number of benzene rings is 2. The van der Waals surface area contributed by atoms with Gasteiger partial charge in [0.15, 0.2) is 0 Å². The summed E-state index contributed by atoms with van der Waals surface area (Å²) in [6.45, 7) is 2.16. The standard InChI is InChI=1S/C21H28O5S.K/c1-2-3-4-5-6-7-11-14-19-20(22)15-18(16-21(19)27(23,24)25)26-17-12-9-8-10-13-17;/h8-10,12-13,15-16,22H,2-7,11,14H2,1H3,(H,23,24,25);/q;+1/p-1. The Hall–Kier alpha value is -0.414. The molecule has 0 amide bonds. The van der Waals surface area contributed by atoms with Crippen molar-refractivity contribution in [2.45, 2.75) is 63.2 Å². The molecular weight excluding hydrogens is 403 g/mol. The molecule has 148 valence electrons. The third kappa shape index (κ3) is 8.53. The van der Waals surface area contributed by atoms with Crippen molar-refractivity contribution in [1.29, 1.82) is 0 Å². The number of rotatable bonds is 11. The molecule has 0 aliphatic rings. The van der Waals surface area contributed by atoms with Crippen LogP contribution in [-0.2, 0) is 16.5 Å². The molecule has 0 bridgehead atoms. The quantitative estimate of drug-likeness (QED) is 0.335. The van der Waals surface area contributed by atoms with Crippen LogP contribution >= 0.6 is 0 Å². The van der Waals surface area contributed by atoms with E-state index >= 15 is 0 Å². The van der Waals surface area contributed by atoms with Gasteiger partial charge in [-0.15, -0.1) is 5.75 Å². The molecule has 5 nitrogen and oxygen atoms in total. The zero-order valence-corrected chi connectivity index (χ0v) is 20.6. The van der Waals surface area contributed by atoms with E-state index in [0.29, 0.717) is 18.6 Å². The van der Waals surface area contributed by atoms with E-state index in [2.05, 4.69) is 6.92 Å². The second-order valence-corrected chi connectivity index (χ2v) is 8.05. The third-order valence-electron chi connectivity index (χ3n) is 4.43.